The van der Waals surface area contributed by atoms with Crippen LogP contribution in [0.2, 0.25) is 5.02 Å². The molecule has 1 amide bonds. The summed E-state index contributed by atoms with van der Waals surface area (Å²) in [6.07, 6.45) is 1.36. The lowest BCUT2D eigenvalue weighted by atomic mass is 10.1. The van der Waals surface area contributed by atoms with E-state index in [4.69, 9.17) is 16.7 Å². The van der Waals surface area contributed by atoms with Crippen LogP contribution in [0.5, 0.6) is 0 Å². The quantitative estimate of drug-likeness (QED) is 0.645. The van der Waals surface area contributed by atoms with Crippen LogP contribution in [0.25, 0.3) is 0 Å². The lowest BCUT2D eigenvalue weighted by Gasteiger charge is -2.12. The number of carbonyl (C=O) groups is 2. The highest BCUT2D eigenvalue weighted by Crippen LogP contribution is 2.16. The third kappa shape index (κ3) is 4.33. The topological polar surface area (TPSA) is 82.0 Å². The highest BCUT2D eigenvalue weighted by molar-refractivity contribution is 6.33. The van der Waals surface area contributed by atoms with Crippen molar-refractivity contribution in [2.75, 3.05) is 19.0 Å². The van der Waals surface area contributed by atoms with Gasteiger partial charge in [-0.25, -0.2) is 10.2 Å². The predicted octanol–water partition coefficient (Wildman–Crippen LogP) is 2.87. The highest BCUT2D eigenvalue weighted by atomic mass is 35.5. The number of carbonyl (C=O) groups excluding carboxylic acids is 1. The van der Waals surface area contributed by atoms with Crippen LogP contribution in [0.4, 0.5) is 5.69 Å². The number of rotatable bonds is 5. The Morgan fingerprint density at radius 1 is 1.17 bits per heavy atom. The summed E-state index contributed by atoms with van der Waals surface area (Å²) in [5, 5.41) is 13.0. The molecule has 0 radical (unpaired) electrons. The molecule has 0 aromatic heterocycles. The summed E-state index contributed by atoms with van der Waals surface area (Å²) in [7, 11) is 3.77. The molecule has 0 saturated carbocycles. The summed E-state index contributed by atoms with van der Waals surface area (Å²) in [4.78, 5) is 24.8. The first-order valence-corrected chi connectivity index (χ1v) is 7.40. The largest absolute Gasteiger partial charge is 0.478 e. The second-order valence-electron chi connectivity index (χ2n) is 5.19. The Hall–Kier alpha value is -2.86. The molecule has 0 bridgehead atoms. The number of aromatic carboxylic acids is 1. The minimum absolute atomic E-state index is 0.0849. The maximum Gasteiger partial charge on any atom is 0.335 e. The van der Waals surface area contributed by atoms with Crippen LogP contribution in [0.1, 0.15) is 26.3 Å². The number of nitrogens with one attached hydrogen (secondary N) is 1. The van der Waals surface area contributed by atoms with Gasteiger partial charge in [-0.3, -0.25) is 4.79 Å². The third-order valence-corrected chi connectivity index (χ3v) is 3.57. The molecule has 0 aliphatic heterocycles. The molecule has 2 aromatic rings. The van der Waals surface area contributed by atoms with Crippen molar-refractivity contribution in [2.24, 2.45) is 5.10 Å². The fourth-order valence-corrected chi connectivity index (χ4v) is 2.14. The number of carboxylic acids is 1. The Balaban J connectivity index is 2.07. The maximum absolute atomic E-state index is 12.1. The van der Waals surface area contributed by atoms with Gasteiger partial charge in [0.05, 0.1) is 16.8 Å². The van der Waals surface area contributed by atoms with E-state index in [1.54, 1.807) is 18.2 Å². The van der Waals surface area contributed by atoms with Gasteiger partial charge in [0.15, 0.2) is 0 Å². The Kier molecular flexibility index (Phi) is 5.55. The minimum atomic E-state index is -1.06. The zero-order chi connectivity index (χ0) is 17.7. The summed E-state index contributed by atoms with van der Waals surface area (Å²) in [6.45, 7) is 0. The van der Waals surface area contributed by atoms with Crippen molar-refractivity contribution in [1.82, 2.24) is 5.43 Å². The summed E-state index contributed by atoms with van der Waals surface area (Å²) in [6, 6.07) is 11.4. The first-order chi connectivity index (χ1) is 11.4. The molecule has 0 atom stereocenters. The molecular weight excluding hydrogens is 330 g/mol. The SMILES string of the molecule is CN(C)c1cccc(C(=O)N/N=C/c2ccc(C(=O)O)cc2Cl)c1. The number of halogens is 1. The van der Waals surface area contributed by atoms with E-state index in [0.717, 1.165) is 5.69 Å². The Labute approximate surface area is 144 Å². The number of hydrazone groups is 1. The summed E-state index contributed by atoms with van der Waals surface area (Å²) >= 11 is 5.99. The van der Waals surface area contributed by atoms with Crippen LogP contribution in [0.15, 0.2) is 47.6 Å². The smallest absolute Gasteiger partial charge is 0.335 e. The summed E-state index contributed by atoms with van der Waals surface area (Å²) in [5.74, 6) is -1.41. The molecule has 0 fully saturated rings. The van der Waals surface area contributed by atoms with Gasteiger partial charge in [0, 0.05) is 30.9 Å². The molecule has 0 unspecified atom stereocenters. The molecule has 0 heterocycles. The fraction of sp³-hybridized carbons (Fsp3) is 0.118. The van der Waals surface area contributed by atoms with Crippen LogP contribution in [-0.2, 0) is 0 Å². The Bertz CT molecular complexity index is 803. The second kappa shape index (κ2) is 7.61. The van der Waals surface area contributed by atoms with Crippen molar-refractivity contribution in [1.29, 1.82) is 0 Å². The van der Waals surface area contributed by atoms with Gasteiger partial charge in [-0.1, -0.05) is 23.7 Å². The minimum Gasteiger partial charge on any atom is -0.478 e. The van der Waals surface area contributed by atoms with E-state index >= 15 is 0 Å². The molecular formula is C17H16ClN3O3. The molecule has 2 rings (SSSR count). The van der Waals surface area contributed by atoms with Gasteiger partial charge in [0.2, 0.25) is 0 Å². The number of nitrogens with zero attached hydrogens (tertiary/aromatic N) is 2. The van der Waals surface area contributed by atoms with Gasteiger partial charge in [-0.15, -0.1) is 0 Å². The van der Waals surface area contributed by atoms with Crippen molar-refractivity contribution in [3.05, 3.63) is 64.2 Å². The average Bonchev–Trinajstić information content (AvgIpc) is 2.56. The zero-order valence-corrected chi connectivity index (χ0v) is 13.9. The molecule has 24 heavy (non-hydrogen) atoms. The van der Waals surface area contributed by atoms with Crippen molar-refractivity contribution < 1.29 is 14.7 Å². The van der Waals surface area contributed by atoms with Crippen LogP contribution in [-0.4, -0.2) is 37.3 Å². The predicted molar refractivity (Wildman–Crippen MR) is 94.2 cm³/mol. The fourth-order valence-electron chi connectivity index (χ4n) is 1.92. The van der Waals surface area contributed by atoms with Crippen LogP contribution in [0.3, 0.4) is 0 Å². The normalized spacial score (nSPS) is 10.6. The molecule has 6 nitrogen and oxygen atoms in total. The van der Waals surface area contributed by atoms with E-state index in [0.29, 0.717) is 11.1 Å². The standard InChI is InChI=1S/C17H16ClN3O3/c1-21(2)14-5-3-4-11(8-14)16(22)20-19-10-13-7-6-12(17(23)24)9-15(13)18/h3-10H,1-2H3,(H,20,22)(H,23,24)/b19-10+. The van der Waals surface area contributed by atoms with Gasteiger partial charge >= 0.3 is 5.97 Å². The molecule has 124 valence electrons. The van der Waals surface area contributed by atoms with Crippen LogP contribution >= 0.6 is 11.6 Å². The second-order valence-corrected chi connectivity index (χ2v) is 5.59. The van der Waals surface area contributed by atoms with E-state index in [2.05, 4.69) is 10.5 Å². The number of hydrogen-bond donors (Lipinski definition) is 2. The molecule has 0 spiro atoms. The summed E-state index contributed by atoms with van der Waals surface area (Å²) in [5.41, 5.74) is 4.38. The number of amides is 1. The lowest BCUT2D eigenvalue weighted by molar-refractivity contribution is 0.0696. The van der Waals surface area contributed by atoms with Crippen LogP contribution in [0, 0.1) is 0 Å². The first kappa shape index (κ1) is 17.5. The molecule has 0 aliphatic rings. The van der Waals surface area contributed by atoms with Crippen molar-refractivity contribution in [3.8, 4) is 0 Å². The molecule has 2 aromatic carbocycles. The number of benzene rings is 2. The summed E-state index contributed by atoms with van der Waals surface area (Å²) < 4.78 is 0. The molecule has 0 aliphatic carbocycles. The average molecular weight is 346 g/mol. The molecule has 7 heteroatoms. The Morgan fingerprint density at radius 2 is 1.92 bits per heavy atom. The Morgan fingerprint density at radius 3 is 2.54 bits per heavy atom. The first-order valence-electron chi connectivity index (χ1n) is 7.02. The van der Waals surface area contributed by atoms with Gasteiger partial charge in [-0.05, 0) is 30.3 Å². The van der Waals surface area contributed by atoms with Gasteiger partial charge in [0.1, 0.15) is 0 Å². The maximum atomic E-state index is 12.1. The van der Waals surface area contributed by atoms with E-state index in [1.807, 2.05) is 25.1 Å². The van der Waals surface area contributed by atoms with Crippen molar-refractivity contribution in [3.63, 3.8) is 0 Å². The molecule has 2 N–H and O–H groups in total. The van der Waals surface area contributed by atoms with E-state index in [9.17, 15) is 9.59 Å². The van der Waals surface area contributed by atoms with Gasteiger partial charge in [0.25, 0.3) is 5.91 Å². The zero-order valence-electron chi connectivity index (χ0n) is 13.2. The van der Waals surface area contributed by atoms with E-state index in [1.165, 1.54) is 24.4 Å². The number of carboxylic acid groups (broad SMARTS) is 1. The van der Waals surface area contributed by atoms with E-state index < -0.39 is 5.97 Å². The van der Waals surface area contributed by atoms with Crippen molar-refractivity contribution in [2.45, 2.75) is 0 Å². The third-order valence-electron chi connectivity index (χ3n) is 3.24. The highest BCUT2D eigenvalue weighted by Gasteiger charge is 2.07. The number of anilines is 1. The van der Waals surface area contributed by atoms with Gasteiger partial charge in [-0.2, -0.15) is 5.10 Å². The van der Waals surface area contributed by atoms with Crippen LogP contribution < -0.4 is 10.3 Å². The van der Waals surface area contributed by atoms with E-state index in [-0.39, 0.29) is 16.5 Å². The van der Waals surface area contributed by atoms with Crippen molar-refractivity contribution >= 4 is 35.4 Å². The lowest BCUT2D eigenvalue weighted by Crippen LogP contribution is -2.18. The van der Waals surface area contributed by atoms with Gasteiger partial charge < -0.3 is 10.0 Å². The monoisotopic (exact) mass is 345 g/mol. The molecule has 0 saturated heterocycles. The number of hydrogen-bond acceptors (Lipinski definition) is 4.